The summed E-state index contributed by atoms with van der Waals surface area (Å²) in [5.74, 6) is -0.791. The van der Waals surface area contributed by atoms with Crippen molar-refractivity contribution in [3.63, 3.8) is 0 Å². The molecule has 0 saturated carbocycles. The van der Waals surface area contributed by atoms with Crippen molar-refractivity contribution in [1.29, 1.82) is 0 Å². The Hall–Kier alpha value is -2.20. The molecule has 0 fully saturated rings. The van der Waals surface area contributed by atoms with E-state index >= 15 is 0 Å². The first-order valence-electron chi connectivity index (χ1n) is 6.36. The quantitative estimate of drug-likeness (QED) is 0.860. The third-order valence-corrected chi connectivity index (χ3v) is 3.38. The highest BCUT2D eigenvalue weighted by molar-refractivity contribution is 6.31. The van der Waals surface area contributed by atoms with Crippen molar-refractivity contribution in [2.24, 2.45) is 0 Å². The van der Waals surface area contributed by atoms with Crippen LogP contribution in [0, 0.1) is 0 Å². The van der Waals surface area contributed by atoms with Crippen molar-refractivity contribution < 1.29 is 19.4 Å². The highest BCUT2D eigenvalue weighted by Gasteiger charge is 2.24. The fourth-order valence-electron chi connectivity index (χ4n) is 1.94. The lowest BCUT2D eigenvalue weighted by molar-refractivity contribution is -0.143. The molecule has 21 heavy (non-hydrogen) atoms. The lowest BCUT2D eigenvalue weighted by atomic mass is 10.00. The molecule has 0 bridgehead atoms. The molecule has 1 unspecified atom stereocenters. The van der Waals surface area contributed by atoms with Gasteiger partial charge in [-0.2, -0.15) is 0 Å². The number of phenolic OH excluding ortho intramolecular Hbond substituents is 1. The Morgan fingerprint density at radius 1 is 1.19 bits per heavy atom. The van der Waals surface area contributed by atoms with E-state index in [0.717, 1.165) is 0 Å². The Morgan fingerprint density at radius 2 is 1.86 bits per heavy atom. The number of phenols is 1. The number of esters is 1. The van der Waals surface area contributed by atoms with Crippen molar-refractivity contribution >= 4 is 17.6 Å². The molecule has 2 aromatic carbocycles. The summed E-state index contributed by atoms with van der Waals surface area (Å²) < 4.78 is 10.3. The predicted octanol–water partition coefficient (Wildman–Crippen LogP) is 3.38. The molecule has 4 nitrogen and oxygen atoms in total. The van der Waals surface area contributed by atoms with Crippen LogP contribution in [0.5, 0.6) is 11.5 Å². The first kappa shape index (κ1) is 15.2. The Kier molecular flexibility index (Phi) is 5.06. The minimum Gasteiger partial charge on any atom is -0.504 e. The largest absolute Gasteiger partial charge is 0.504 e. The third-order valence-electron chi connectivity index (χ3n) is 3.04. The smallest absolute Gasteiger partial charge is 0.316 e. The maximum atomic E-state index is 11.9. The predicted molar refractivity (Wildman–Crippen MR) is 79.8 cm³/mol. The highest BCUT2D eigenvalue weighted by atomic mass is 35.5. The van der Waals surface area contributed by atoms with Crippen LogP contribution < -0.4 is 4.74 Å². The first-order chi connectivity index (χ1) is 10.1. The van der Waals surface area contributed by atoms with E-state index < -0.39 is 11.9 Å². The van der Waals surface area contributed by atoms with E-state index in [-0.39, 0.29) is 12.4 Å². The standard InChI is InChI=1S/C16H15ClO4/c1-20-16(19)12(11-6-2-3-7-13(11)17)10-21-15-9-5-4-8-14(15)18/h2-9,12,18H,10H2,1H3. The third kappa shape index (κ3) is 3.67. The van der Waals surface area contributed by atoms with Crippen LogP contribution in [0.25, 0.3) is 0 Å². The van der Waals surface area contributed by atoms with Gasteiger partial charge < -0.3 is 14.6 Å². The number of hydrogen-bond donors (Lipinski definition) is 1. The SMILES string of the molecule is COC(=O)C(COc1ccccc1O)c1ccccc1Cl. The summed E-state index contributed by atoms with van der Waals surface area (Å²) in [6, 6.07) is 13.6. The number of methoxy groups -OCH3 is 1. The second-order valence-corrected chi connectivity index (χ2v) is 4.78. The number of para-hydroxylation sites is 2. The molecule has 0 saturated heterocycles. The van der Waals surface area contributed by atoms with Gasteiger partial charge in [-0.1, -0.05) is 41.9 Å². The van der Waals surface area contributed by atoms with E-state index in [1.54, 1.807) is 42.5 Å². The molecule has 0 spiro atoms. The summed E-state index contributed by atoms with van der Waals surface area (Å²) in [5.41, 5.74) is 0.626. The van der Waals surface area contributed by atoms with Gasteiger partial charge in [0.1, 0.15) is 12.5 Å². The van der Waals surface area contributed by atoms with Gasteiger partial charge >= 0.3 is 5.97 Å². The van der Waals surface area contributed by atoms with Crippen LogP contribution in [0.1, 0.15) is 11.5 Å². The van der Waals surface area contributed by atoms with Gasteiger partial charge in [0.15, 0.2) is 11.5 Å². The Morgan fingerprint density at radius 3 is 2.52 bits per heavy atom. The molecule has 0 amide bonds. The molecule has 0 heterocycles. The van der Waals surface area contributed by atoms with Crippen LogP contribution in [-0.4, -0.2) is 24.8 Å². The second-order valence-electron chi connectivity index (χ2n) is 4.38. The zero-order valence-electron chi connectivity index (χ0n) is 11.5. The highest BCUT2D eigenvalue weighted by Crippen LogP contribution is 2.29. The molecule has 0 radical (unpaired) electrons. The van der Waals surface area contributed by atoms with Gasteiger partial charge in [-0.3, -0.25) is 4.79 Å². The molecule has 0 aliphatic carbocycles. The minimum atomic E-state index is -0.664. The lowest BCUT2D eigenvalue weighted by Crippen LogP contribution is -2.21. The molecule has 110 valence electrons. The monoisotopic (exact) mass is 306 g/mol. The fraction of sp³-hybridized carbons (Fsp3) is 0.188. The van der Waals surface area contributed by atoms with Crippen molar-refractivity contribution in [3.8, 4) is 11.5 Å². The van der Waals surface area contributed by atoms with E-state index in [4.69, 9.17) is 21.1 Å². The molecule has 1 N–H and O–H groups in total. The number of carbonyl (C=O) groups is 1. The average molecular weight is 307 g/mol. The van der Waals surface area contributed by atoms with Crippen LogP contribution >= 0.6 is 11.6 Å². The Bertz CT molecular complexity index is 627. The van der Waals surface area contributed by atoms with Gasteiger partial charge in [0.25, 0.3) is 0 Å². The maximum absolute atomic E-state index is 11.9. The number of carbonyl (C=O) groups excluding carboxylic acids is 1. The fourth-order valence-corrected chi connectivity index (χ4v) is 2.20. The van der Waals surface area contributed by atoms with Crippen LogP contribution in [-0.2, 0) is 9.53 Å². The average Bonchev–Trinajstić information content (AvgIpc) is 2.50. The topological polar surface area (TPSA) is 55.8 Å². The van der Waals surface area contributed by atoms with Gasteiger partial charge in [-0.15, -0.1) is 0 Å². The van der Waals surface area contributed by atoms with Gasteiger partial charge in [-0.05, 0) is 23.8 Å². The maximum Gasteiger partial charge on any atom is 0.316 e. The molecular weight excluding hydrogens is 292 g/mol. The van der Waals surface area contributed by atoms with Gasteiger partial charge in [0.05, 0.1) is 7.11 Å². The first-order valence-corrected chi connectivity index (χ1v) is 6.74. The van der Waals surface area contributed by atoms with Crippen molar-refractivity contribution in [2.45, 2.75) is 5.92 Å². The van der Waals surface area contributed by atoms with E-state index in [9.17, 15) is 9.90 Å². The zero-order chi connectivity index (χ0) is 15.2. The number of benzene rings is 2. The number of rotatable bonds is 5. The molecule has 2 rings (SSSR count). The van der Waals surface area contributed by atoms with E-state index in [1.807, 2.05) is 0 Å². The molecular formula is C16H15ClO4. The molecule has 0 aliphatic heterocycles. The summed E-state index contributed by atoms with van der Waals surface area (Å²) in [4.78, 5) is 11.9. The molecule has 1 atom stereocenters. The summed E-state index contributed by atoms with van der Waals surface area (Å²) >= 11 is 6.12. The number of aromatic hydroxyl groups is 1. The van der Waals surface area contributed by atoms with E-state index in [2.05, 4.69) is 0 Å². The summed E-state index contributed by atoms with van der Waals surface area (Å²) in [5, 5.41) is 10.1. The van der Waals surface area contributed by atoms with E-state index in [1.165, 1.54) is 13.2 Å². The van der Waals surface area contributed by atoms with Crippen LogP contribution in [0.2, 0.25) is 5.02 Å². The van der Waals surface area contributed by atoms with Crippen LogP contribution in [0.15, 0.2) is 48.5 Å². The summed E-state index contributed by atoms with van der Waals surface area (Å²) in [6.07, 6.45) is 0. The zero-order valence-corrected chi connectivity index (χ0v) is 12.2. The van der Waals surface area contributed by atoms with E-state index in [0.29, 0.717) is 16.3 Å². The van der Waals surface area contributed by atoms with Crippen LogP contribution in [0.4, 0.5) is 0 Å². The molecule has 5 heteroatoms. The molecule has 0 aliphatic rings. The second kappa shape index (κ2) is 6.99. The summed E-state index contributed by atoms with van der Waals surface area (Å²) in [6.45, 7) is 0.0218. The Labute approximate surface area is 127 Å². The number of halogens is 1. The molecule has 2 aromatic rings. The van der Waals surface area contributed by atoms with Crippen LogP contribution in [0.3, 0.4) is 0 Å². The van der Waals surface area contributed by atoms with Crippen molar-refractivity contribution in [2.75, 3.05) is 13.7 Å². The number of hydrogen-bond acceptors (Lipinski definition) is 4. The minimum absolute atomic E-state index is 0.0141. The summed E-state index contributed by atoms with van der Waals surface area (Å²) in [7, 11) is 1.31. The normalized spacial score (nSPS) is 11.7. The van der Waals surface area contributed by atoms with Gasteiger partial charge in [0, 0.05) is 5.02 Å². The number of ether oxygens (including phenoxy) is 2. The van der Waals surface area contributed by atoms with Crippen molar-refractivity contribution in [1.82, 2.24) is 0 Å². The van der Waals surface area contributed by atoms with Gasteiger partial charge in [-0.25, -0.2) is 0 Å². The Balaban J connectivity index is 2.21. The van der Waals surface area contributed by atoms with Gasteiger partial charge in [0.2, 0.25) is 0 Å². The van der Waals surface area contributed by atoms with Crippen molar-refractivity contribution in [3.05, 3.63) is 59.1 Å². The molecule has 0 aromatic heterocycles. The lowest BCUT2D eigenvalue weighted by Gasteiger charge is -2.17.